The van der Waals surface area contributed by atoms with Gasteiger partial charge in [-0.3, -0.25) is 14.2 Å². The van der Waals surface area contributed by atoms with E-state index in [0.717, 1.165) is 10.6 Å². The average Bonchev–Trinajstić information content (AvgIpc) is 2.89. The third kappa shape index (κ3) is 4.52. The van der Waals surface area contributed by atoms with Gasteiger partial charge < -0.3 is 30.7 Å². The van der Waals surface area contributed by atoms with E-state index in [4.69, 9.17) is 9.84 Å². The average molecular weight is 368 g/mol. The van der Waals surface area contributed by atoms with E-state index < -0.39 is 48.7 Å². The predicted molar refractivity (Wildman–Crippen MR) is 88.0 cm³/mol. The summed E-state index contributed by atoms with van der Waals surface area (Å²) in [6, 6.07) is 1.32. The van der Waals surface area contributed by atoms with E-state index in [-0.39, 0.29) is 18.8 Å². The van der Waals surface area contributed by atoms with Crippen molar-refractivity contribution in [2.75, 3.05) is 18.5 Å². The van der Waals surface area contributed by atoms with Gasteiger partial charge in [0.05, 0.1) is 6.61 Å². The lowest BCUT2D eigenvalue weighted by Gasteiger charge is -2.17. The highest BCUT2D eigenvalue weighted by molar-refractivity contribution is 5.91. The molecule has 0 aromatic carbocycles. The molecule has 1 aliphatic rings. The van der Waals surface area contributed by atoms with Gasteiger partial charge in [-0.05, 0) is 12.1 Å². The number of rotatable bonds is 7. The zero-order valence-corrected chi connectivity index (χ0v) is 13.7. The van der Waals surface area contributed by atoms with Gasteiger partial charge >= 0.3 is 5.69 Å². The lowest BCUT2D eigenvalue weighted by molar-refractivity contribution is -0.117. The van der Waals surface area contributed by atoms with Crippen LogP contribution in [0.3, 0.4) is 0 Å². The minimum Gasteiger partial charge on any atom is -0.394 e. The lowest BCUT2D eigenvalue weighted by Crippen LogP contribution is -2.36. The van der Waals surface area contributed by atoms with Crippen LogP contribution in [0.1, 0.15) is 12.6 Å². The van der Waals surface area contributed by atoms with Crippen molar-refractivity contribution in [3.05, 3.63) is 35.4 Å². The van der Waals surface area contributed by atoms with E-state index >= 15 is 0 Å². The fraction of sp³-hybridized carbons (Fsp3) is 0.467. The van der Waals surface area contributed by atoms with Gasteiger partial charge in [0, 0.05) is 19.2 Å². The second-order valence-electron chi connectivity index (χ2n) is 5.52. The van der Waals surface area contributed by atoms with Crippen LogP contribution in [-0.2, 0) is 14.3 Å². The normalized spacial score (nSPS) is 24.9. The van der Waals surface area contributed by atoms with Crippen LogP contribution in [0.4, 0.5) is 5.82 Å². The number of carbonyl (C=O) groups excluding carboxylic acids is 2. The number of hydrogen-bond donors (Lipinski definition) is 5. The first-order valence-corrected chi connectivity index (χ1v) is 7.79. The summed E-state index contributed by atoms with van der Waals surface area (Å²) in [6.45, 7) is 2.85. The summed E-state index contributed by atoms with van der Waals surface area (Å²) in [5.41, 5.74) is -0.822. The number of carbonyl (C=O) groups is 2. The van der Waals surface area contributed by atoms with Gasteiger partial charge in [-0.1, -0.05) is 6.58 Å². The Morgan fingerprint density at radius 2 is 2.12 bits per heavy atom. The van der Waals surface area contributed by atoms with Crippen molar-refractivity contribution in [3.63, 3.8) is 0 Å². The van der Waals surface area contributed by atoms with Crippen LogP contribution in [0, 0.1) is 0 Å². The molecule has 4 atom stereocenters. The van der Waals surface area contributed by atoms with E-state index in [1.807, 2.05) is 0 Å². The molecule has 1 aliphatic heterocycles. The van der Waals surface area contributed by atoms with Crippen LogP contribution in [0.2, 0.25) is 0 Å². The molecule has 2 amide bonds. The molecular weight excluding hydrogens is 348 g/mol. The Bertz CT molecular complexity index is 735. The van der Waals surface area contributed by atoms with Gasteiger partial charge in [-0.25, -0.2) is 4.79 Å². The number of aromatic nitrogens is 2. The van der Waals surface area contributed by atoms with Crippen molar-refractivity contribution in [2.45, 2.75) is 31.0 Å². The second-order valence-corrected chi connectivity index (χ2v) is 5.52. The summed E-state index contributed by atoms with van der Waals surface area (Å²) >= 11 is 0. The van der Waals surface area contributed by atoms with Gasteiger partial charge in [0.2, 0.25) is 11.8 Å². The highest BCUT2D eigenvalue weighted by atomic mass is 16.6. The lowest BCUT2D eigenvalue weighted by atomic mass is 10.1. The van der Waals surface area contributed by atoms with Gasteiger partial charge in [-0.2, -0.15) is 4.98 Å². The number of nitrogens with zero attached hydrogens (tertiary/aromatic N) is 2. The van der Waals surface area contributed by atoms with Crippen molar-refractivity contribution >= 4 is 17.6 Å². The zero-order chi connectivity index (χ0) is 19.3. The highest BCUT2D eigenvalue weighted by Crippen LogP contribution is 2.28. The molecule has 26 heavy (non-hydrogen) atoms. The van der Waals surface area contributed by atoms with Crippen LogP contribution < -0.4 is 16.3 Å². The standard InChI is InChI=1S/C15H20N4O7/c1-2-10(21)16-5-3-11(22)17-9-4-6-19(15(25)18-9)14-13(24)12(23)8(7-20)26-14/h2,4,6,8,12-14,20,23-24H,1,3,5,7H2,(H,16,21)(H,17,18,22,25)/t8-,12-,13+,14-/m1/s1. The van der Waals surface area contributed by atoms with Crippen LogP contribution in [0.15, 0.2) is 29.7 Å². The van der Waals surface area contributed by atoms with E-state index in [9.17, 15) is 24.6 Å². The van der Waals surface area contributed by atoms with Crippen molar-refractivity contribution < 1.29 is 29.6 Å². The van der Waals surface area contributed by atoms with E-state index in [1.165, 1.54) is 12.3 Å². The molecule has 0 spiro atoms. The Morgan fingerprint density at radius 1 is 1.38 bits per heavy atom. The van der Waals surface area contributed by atoms with E-state index in [2.05, 4.69) is 22.2 Å². The summed E-state index contributed by atoms with van der Waals surface area (Å²) in [7, 11) is 0. The maximum Gasteiger partial charge on any atom is 0.351 e. The second kappa shape index (κ2) is 8.67. The number of ether oxygens (including phenoxy) is 1. The smallest absolute Gasteiger partial charge is 0.351 e. The van der Waals surface area contributed by atoms with Crippen LogP contribution in [0.25, 0.3) is 0 Å². The fourth-order valence-corrected chi connectivity index (χ4v) is 2.36. The Labute approximate surface area is 147 Å². The Hall–Kier alpha value is -2.60. The monoisotopic (exact) mass is 368 g/mol. The number of nitrogens with one attached hydrogen (secondary N) is 2. The highest BCUT2D eigenvalue weighted by Gasteiger charge is 2.43. The molecular formula is C15H20N4O7. The maximum atomic E-state index is 12.1. The van der Waals surface area contributed by atoms with Crippen LogP contribution in [-0.4, -0.2) is 68.1 Å². The number of anilines is 1. The van der Waals surface area contributed by atoms with Gasteiger partial charge in [0.25, 0.3) is 0 Å². The Morgan fingerprint density at radius 3 is 2.69 bits per heavy atom. The number of amides is 2. The van der Waals surface area contributed by atoms with Crippen LogP contribution in [0.5, 0.6) is 0 Å². The van der Waals surface area contributed by atoms with Crippen LogP contribution >= 0.6 is 0 Å². The molecule has 2 heterocycles. The topological polar surface area (TPSA) is 163 Å². The zero-order valence-electron chi connectivity index (χ0n) is 13.7. The van der Waals surface area contributed by atoms with Gasteiger partial charge in [-0.15, -0.1) is 0 Å². The van der Waals surface area contributed by atoms with Crippen molar-refractivity contribution in [3.8, 4) is 0 Å². The number of hydrogen-bond acceptors (Lipinski definition) is 8. The summed E-state index contributed by atoms with van der Waals surface area (Å²) < 4.78 is 6.19. The third-order valence-electron chi connectivity index (χ3n) is 3.73. The molecule has 1 aromatic rings. The van der Waals surface area contributed by atoms with Crippen molar-refractivity contribution in [1.29, 1.82) is 0 Å². The SMILES string of the molecule is C=CC(=O)NCCC(=O)Nc1ccn([C@@H]2O[C@H](CO)[C@@H](O)[C@@H]2O)c(=O)n1. The molecule has 11 nitrogen and oxygen atoms in total. The summed E-state index contributed by atoms with van der Waals surface area (Å²) in [6.07, 6.45) is -2.70. The summed E-state index contributed by atoms with van der Waals surface area (Å²) in [4.78, 5) is 38.5. The first-order chi connectivity index (χ1) is 12.4. The first-order valence-electron chi connectivity index (χ1n) is 7.79. The fourth-order valence-electron chi connectivity index (χ4n) is 2.36. The van der Waals surface area contributed by atoms with Crippen molar-refractivity contribution in [2.24, 2.45) is 0 Å². The van der Waals surface area contributed by atoms with Gasteiger partial charge in [0.1, 0.15) is 24.1 Å². The minimum absolute atomic E-state index is 0.0157. The third-order valence-corrected chi connectivity index (χ3v) is 3.73. The number of aliphatic hydroxyl groups is 3. The maximum absolute atomic E-state index is 12.1. The quantitative estimate of drug-likeness (QED) is 0.329. The molecule has 0 unspecified atom stereocenters. The molecule has 0 bridgehead atoms. The largest absolute Gasteiger partial charge is 0.394 e. The Balaban J connectivity index is 1.99. The first kappa shape index (κ1) is 19.7. The molecule has 142 valence electrons. The number of aliphatic hydroxyl groups excluding tert-OH is 3. The molecule has 2 rings (SSSR count). The summed E-state index contributed by atoms with van der Waals surface area (Å²) in [5, 5.41) is 33.6. The molecule has 0 saturated carbocycles. The molecule has 1 saturated heterocycles. The van der Waals surface area contributed by atoms with E-state index in [1.54, 1.807) is 0 Å². The molecule has 11 heteroatoms. The van der Waals surface area contributed by atoms with Gasteiger partial charge in [0.15, 0.2) is 6.23 Å². The molecule has 0 radical (unpaired) electrons. The minimum atomic E-state index is -1.42. The predicted octanol–water partition coefficient (Wildman–Crippen LogP) is -2.51. The molecule has 5 N–H and O–H groups in total. The Kier molecular flexibility index (Phi) is 6.58. The molecule has 1 aromatic heterocycles. The molecule has 1 fully saturated rings. The van der Waals surface area contributed by atoms with Crippen molar-refractivity contribution in [1.82, 2.24) is 14.9 Å². The summed E-state index contributed by atoms with van der Waals surface area (Å²) in [5.74, 6) is -0.887. The molecule has 0 aliphatic carbocycles. The van der Waals surface area contributed by atoms with E-state index in [0.29, 0.717) is 0 Å².